The van der Waals surface area contributed by atoms with E-state index in [4.69, 9.17) is 0 Å². The van der Waals surface area contributed by atoms with Gasteiger partial charge < -0.3 is 15.1 Å². The third kappa shape index (κ3) is 5.57. The lowest BCUT2D eigenvalue weighted by Gasteiger charge is -2.22. The van der Waals surface area contributed by atoms with Crippen molar-refractivity contribution in [2.24, 2.45) is 0 Å². The number of fused-ring (bicyclic) bond motifs is 1. The van der Waals surface area contributed by atoms with Crippen LogP contribution in [0.3, 0.4) is 0 Å². The van der Waals surface area contributed by atoms with Crippen molar-refractivity contribution in [1.82, 2.24) is 10.2 Å². The van der Waals surface area contributed by atoms with Crippen molar-refractivity contribution < 1.29 is 18.0 Å². The largest absolute Gasteiger partial charge is 0.355 e. The highest BCUT2D eigenvalue weighted by atomic mass is 32.2. The van der Waals surface area contributed by atoms with Gasteiger partial charge in [-0.2, -0.15) is 0 Å². The number of unbranched alkanes of at least 4 members (excludes halogenated alkanes) is 1. The second-order valence-corrected chi connectivity index (χ2v) is 10.8. The van der Waals surface area contributed by atoms with E-state index in [1.807, 2.05) is 0 Å². The van der Waals surface area contributed by atoms with Crippen LogP contribution in [0.1, 0.15) is 46.5 Å². The highest BCUT2D eigenvalue weighted by Crippen LogP contribution is 2.38. The van der Waals surface area contributed by atoms with Crippen molar-refractivity contribution in [3.8, 4) is 0 Å². The second kappa shape index (κ2) is 9.71. The monoisotopic (exact) mass is 423 g/mol. The van der Waals surface area contributed by atoms with E-state index < -0.39 is 14.6 Å². The van der Waals surface area contributed by atoms with E-state index in [1.165, 1.54) is 11.0 Å². The summed E-state index contributed by atoms with van der Waals surface area (Å²) in [6.07, 6.45) is 2.95. The van der Waals surface area contributed by atoms with Crippen molar-refractivity contribution in [1.29, 1.82) is 0 Å². The molecule has 2 rings (SSSR count). The van der Waals surface area contributed by atoms with Crippen LogP contribution in [0.5, 0.6) is 0 Å². The summed E-state index contributed by atoms with van der Waals surface area (Å²) < 4.78 is 24.7. The maximum absolute atomic E-state index is 13.0. The lowest BCUT2D eigenvalue weighted by molar-refractivity contribution is -0.124. The van der Waals surface area contributed by atoms with Crippen molar-refractivity contribution in [3.63, 3.8) is 0 Å². The van der Waals surface area contributed by atoms with Crippen LogP contribution in [0, 0.1) is 0 Å². The minimum atomic E-state index is -3.70. The van der Waals surface area contributed by atoms with E-state index in [-0.39, 0.29) is 35.4 Å². The van der Waals surface area contributed by atoms with Crippen LogP contribution in [0.25, 0.3) is 0 Å². The number of nitrogens with one attached hydrogen (secondary N) is 1. The van der Waals surface area contributed by atoms with Crippen molar-refractivity contribution >= 4 is 27.3 Å². The second-order valence-electron chi connectivity index (χ2n) is 8.25. The quantitative estimate of drug-likeness (QED) is 0.616. The number of carbonyl (C=O) groups excluding carboxylic acids is 2. The number of amides is 2. The highest BCUT2D eigenvalue weighted by Gasteiger charge is 2.44. The molecule has 162 valence electrons. The number of sulfone groups is 1. The van der Waals surface area contributed by atoms with Gasteiger partial charge in [0.25, 0.3) is 0 Å². The fourth-order valence-electron chi connectivity index (χ4n) is 3.38. The average Bonchev–Trinajstić information content (AvgIpc) is 2.71. The number of anilines is 1. The van der Waals surface area contributed by atoms with Crippen LogP contribution in [0.15, 0.2) is 29.2 Å². The Balaban J connectivity index is 2.04. The molecule has 29 heavy (non-hydrogen) atoms. The predicted octanol–water partition coefficient (Wildman–Crippen LogP) is 2.21. The molecular formula is C21H33N3O4S. The fourth-order valence-corrected chi connectivity index (χ4v) is 5.00. The number of para-hydroxylation sites is 1. The summed E-state index contributed by atoms with van der Waals surface area (Å²) in [5.74, 6) is -0.653. The average molecular weight is 424 g/mol. The topological polar surface area (TPSA) is 86.8 Å². The van der Waals surface area contributed by atoms with Gasteiger partial charge in [-0.3, -0.25) is 9.59 Å². The molecule has 0 atom stereocenters. The number of hydrogen-bond acceptors (Lipinski definition) is 5. The summed E-state index contributed by atoms with van der Waals surface area (Å²) in [5, 5.41) is 2.85. The summed E-state index contributed by atoms with van der Waals surface area (Å²) in [6, 6.07) is 6.40. The fraction of sp³-hybridized carbons (Fsp3) is 0.619. The molecule has 1 aliphatic rings. The smallest absolute Gasteiger partial charge is 0.240 e. The Morgan fingerprint density at radius 1 is 1.21 bits per heavy atom. The molecule has 1 aromatic rings. The minimum absolute atomic E-state index is 0.0983. The van der Waals surface area contributed by atoms with Gasteiger partial charge in [0.15, 0.2) is 9.84 Å². The van der Waals surface area contributed by atoms with Crippen LogP contribution in [-0.2, 0) is 19.4 Å². The number of carbonyl (C=O) groups is 2. The maximum atomic E-state index is 13.0. The molecule has 0 spiro atoms. The van der Waals surface area contributed by atoms with Crippen molar-refractivity contribution in [2.45, 2.75) is 56.1 Å². The molecule has 0 bridgehead atoms. The van der Waals surface area contributed by atoms with E-state index in [2.05, 4.69) is 24.2 Å². The van der Waals surface area contributed by atoms with Crippen molar-refractivity contribution in [3.05, 3.63) is 24.3 Å². The van der Waals surface area contributed by atoms with E-state index >= 15 is 0 Å². The number of rotatable bonds is 9. The van der Waals surface area contributed by atoms with Crippen LogP contribution >= 0.6 is 0 Å². The molecule has 1 aromatic carbocycles. The van der Waals surface area contributed by atoms with Gasteiger partial charge in [-0.15, -0.1) is 0 Å². The first-order valence-corrected chi connectivity index (χ1v) is 11.7. The highest BCUT2D eigenvalue weighted by molar-refractivity contribution is 7.93. The molecule has 0 aliphatic carbocycles. The molecule has 8 heteroatoms. The molecule has 7 nitrogen and oxygen atoms in total. The first-order chi connectivity index (χ1) is 13.6. The number of nitrogens with zero attached hydrogens (tertiary/aromatic N) is 2. The Kier molecular flexibility index (Phi) is 7.82. The normalized spacial score (nSPS) is 17.7. The Bertz CT molecular complexity index is 836. The minimum Gasteiger partial charge on any atom is -0.355 e. The summed E-state index contributed by atoms with van der Waals surface area (Å²) in [4.78, 5) is 28.9. The van der Waals surface area contributed by atoms with Gasteiger partial charge in [0.1, 0.15) is 6.54 Å². The van der Waals surface area contributed by atoms with Gasteiger partial charge >= 0.3 is 0 Å². The van der Waals surface area contributed by atoms with Gasteiger partial charge in [-0.05, 0) is 59.0 Å². The zero-order valence-electron chi connectivity index (χ0n) is 17.9. The lowest BCUT2D eigenvalue weighted by atomic mass is 10.1. The Morgan fingerprint density at radius 2 is 1.86 bits per heavy atom. The Hall–Kier alpha value is -1.93. The first-order valence-electron chi connectivity index (χ1n) is 10.2. The summed E-state index contributed by atoms with van der Waals surface area (Å²) in [7, 11) is -1.63. The molecule has 0 fully saturated rings. The zero-order valence-corrected chi connectivity index (χ0v) is 18.7. The zero-order chi connectivity index (χ0) is 21.7. The van der Waals surface area contributed by atoms with Crippen LogP contribution < -0.4 is 10.2 Å². The summed E-state index contributed by atoms with van der Waals surface area (Å²) >= 11 is 0. The SMILES string of the molecule is CCCCN(C)CCCNC(=O)CN1C(=O)CC(C)(C)S(=O)(=O)c2ccccc21. The maximum Gasteiger partial charge on any atom is 0.240 e. The van der Waals surface area contributed by atoms with Gasteiger partial charge in [-0.1, -0.05) is 25.5 Å². The van der Waals surface area contributed by atoms with Gasteiger partial charge in [-0.25, -0.2) is 8.42 Å². The van der Waals surface area contributed by atoms with Gasteiger partial charge in [0.2, 0.25) is 11.8 Å². The van der Waals surface area contributed by atoms with E-state index in [0.717, 1.165) is 32.4 Å². The molecule has 0 saturated carbocycles. The molecule has 0 radical (unpaired) electrons. The Morgan fingerprint density at radius 3 is 2.55 bits per heavy atom. The standard InChI is InChI=1S/C21H33N3O4S/c1-5-6-13-23(4)14-9-12-22-19(25)16-24-17-10-7-8-11-18(17)29(27,28)21(2,3)15-20(24)26/h7-8,10-11H,5-6,9,12-16H2,1-4H3,(H,22,25). The summed E-state index contributed by atoms with van der Waals surface area (Å²) in [6.45, 7) is 7.51. The molecule has 1 N–H and O–H groups in total. The first kappa shape index (κ1) is 23.3. The van der Waals surface area contributed by atoms with E-state index in [0.29, 0.717) is 6.54 Å². The lowest BCUT2D eigenvalue weighted by Crippen LogP contribution is -2.42. The Labute approximate surface area is 174 Å². The van der Waals surface area contributed by atoms with E-state index in [1.54, 1.807) is 32.0 Å². The van der Waals surface area contributed by atoms with Crippen LogP contribution in [0.2, 0.25) is 0 Å². The summed E-state index contributed by atoms with van der Waals surface area (Å²) in [5.41, 5.74) is 0.275. The molecule has 0 aromatic heterocycles. The van der Waals surface area contributed by atoms with Crippen molar-refractivity contribution in [2.75, 3.05) is 38.1 Å². The van der Waals surface area contributed by atoms with Gasteiger partial charge in [0.05, 0.1) is 15.3 Å². The molecule has 0 saturated heterocycles. The third-order valence-corrected chi connectivity index (χ3v) is 7.81. The predicted molar refractivity (Wildman–Crippen MR) is 115 cm³/mol. The third-order valence-electron chi connectivity index (χ3n) is 5.28. The molecule has 2 amide bonds. The van der Waals surface area contributed by atoms with Crippen LogP contribution in [-0.4, -0.2) is 63.1 Å². The molecule has 0 unspecified atom stereocenters. The number of benzene rings is 1. The molecule has 1 aliphatic heterocycles. The number of hydrogen-bond donors (Lipinski definition) is 1. The molecule has 1 heterocycles. The van der Waals surface area contributed by atoms with E-state index in [9.17, 15) is 18.0 Å². The molecular weight excluding hydrogens is 390 g/mol. The van der Waals surface area contributed by atoms with Crippen LogP contribution in [0.4, 0.5) is 5.69 Å². The van der Waals surface area contributed by atoms with Gasteiger partial charge in [0, 0.05) is 13.0 Å².